The summed E-state index contributed by atoms with van der Waals surface area (Å²) in [4.78, 5) is 0. The number of allylic oxidation sites excluding steroid dienone is 4. The number of ether oxygens (including phenoxy) is 1. The topological polar surface area (TPSA) is 9.23 Å². The molecule has 1 nitrogen and oxygen atoms in total. The van der Waals surface area contributed by atoms with E-state index in [9.17, 15) is 13.2 Å². The molecule has 0 radical (unpaired) electrons. The molecule has 5 heteroatoms. The smallest absolute Gasteiger partial charge is 0.410 e. The van der Waals surface area contributed by atoms with Gasteiger partial charge in [-0.2, -0.15) is 0 Å². The van der Waals surface area contributed by atoms with E-state index in [2.05, 4.69) is 11.3 Å². The Morgan fingerprint density at radius 2 is 1.58 bits per heavy atom. The maximum absolute atomic E-state index is 11.9. The molecule has 0 fully saturated rings. The van der Waals surface area contributed by atoms with Crippen molar-refractivity contribution in [2.75, 3.05) is 0 Å². The maximum Gasteiger partial charge on any atom is 0.572 e. The van der Waals surface area contributed by atoms with Crippen molar-refractivity contribution in [3.8, 4) is 0 Å². The van der Waals surface area contributed by atoms with Crippen LogP contribution in [-0.4, -0.2) is 6.36 Å². The maximum atomic E-state index is 11.9. The zero-order chi connectivity index (χ0) is 16.1. The lowest BCUT2D eigenvalue weighted by atomic mass is 10.2. The van der Waals surface area contributed by atoms with Crippen LogP contribution in [0.3, 0.4) is 0 Å². The molecule has 0 bridgehead atoms. The van der Waals surface area contributed by atoms with Crippen molar-refractivity contribution in [1.82, 2.24) is 0 Å². The van der Waals surface area contributed by atoms with Crippen molar-refractivity contribution in [2.24, 2.45) is 0 Å². The SMILES string of the molecule is C=C(Cl)/C=C(\CC=C(C)C)OC(F)(F)F.CC.CC. The summed E-state index contributed by atoms with van der Waals surface area (Å²) >= 11 is 5.38. The first-order valence-electron chi connectivity index (χ1n) is 6.15. The van der Waals surface area contributed by atoms with Crippen molar-refractivity contribution >= 4 is 11.6 Å². The molecule has 0 aromatic heterocycles. The van der Waals surface area contributed by atoms with E-state index in [0.717, 1.165) is 11.6 Å². The Hall–Kier alpha value is -0.900. The van der Waals surface area contributed by atoms with E-state index >= 15 is 0 Å². The van der Waals surface area contributed by atoms with Crippen LogP contribution in [0.15, 0.2) is 35.1 Å². The van der Waals surface area contributed by atoms with Crippen LogP contribution < -0.4 is 0 Å². The molecule has 0 aromatic carbocycles. The molecule has 0 aliphatic carbocycles. The summed E-state index contributed by atoms with van der Waals surface area (Å²) in [6.45, 7) is 14.8. The van der Waals surface area contributed by atoms with Crippen LogP contribution in [0.25, 0.3) is 0 Å². The Kier molecular flexibility index (Phi) is 16.5. The lowest BCUT2D eigenvalue weighted by Crippen LogP contribution is -2.12. The largest absolute Gasteiger partial charge is 0.572 e. The molecule has 0 aliphatic heterocycles. The predicted molar refractivity (Wildman–Crippen MR) is 77.0 cm³/mol. The highest BCUT2D eigenvalue weighted by molar-refractivity contribution is 6.30. The number of halogens is 4. The molecule has 0 aromatic rings. The first-order chi connectivity index (χ1) is 8.70. The van der Waals surface area contributed by atoms with Gasteiger partial charge in [0.2, 0.25) is 0 Å². The average Bonchev–Trinajstić information content (AvgIpc) is 2.28. The van der Waals surface area contributed by atoms with Gasteiger partial charge < -0.3 is 4.74 Å². The summed E-state index contributed by atoms with van der Waals surface area (Å²) in [5.41, 5.74) is 0.895. The predicted octanol–water partition coefficient (Wildman–Crippen LogP) is 6.57. The fourth-order valence-electron chi connectivity index (χ4n) is 0.758. The third-order valence-corrected chi connectivity index (χ3v) is 1.39. The summed E-state index contributed by atoms with van der Waals surface area (Å²) in [5, 5.41) is -0.00333. The Balaban J connectivity index is -0.000000579. The Labute approximate surface area is 119 Å². The van der Waals surface area contributed by atoms with Crippen LogP contribution in [0.5, 0.6) is 0 Å². The summed E-state index contributed by atoms with van der Waals surface area (Å²) in [5.74, 6) is -0.274. The highest BCUT2D eigenvalue weighted by Crippen LogP contribution is 2.24. The van der Waals surface area contributed by atoms with Gasteiger partial charge in [0.15, 0.2) is 0 Å². The fraction of sp³-hybridized carbons (Fsp3) is 0.571. The molecular formula is C14H24ClF3O. The zero-order valence-electron chi connectivity index (χ0n) is 12.5. The molecular weight excluding hydrogens is 277 g/mol. The first-order valence-corrected chi connectivity index (χ1v) is 6.52. The molecule has 0 unspecified atom stereocenters. The van der Waals surface area contributed by atoms with E-state index in [1.807, 2.05) is 27.7 Å². The summed E-state index contributed by atoms with van der Waals surface area (Å²) in [6.07, 6.45) is -2.01. The molecule has 0 saturated heterocycles. The van der Waals surface area contributed by atoms with Crippen LogP contribution in [0.1, 0.15) is 48.0 Å². The minimum atomic E-state index is -4.70. The Morgan fingerprint density at radius 1 is 1.16 bits per heavy atom. The molecule has 0 amide bonds. The zero-order valence-corrected chi connectivity index (χ0v) is 13.2. The minimum absolute atomic E-state index is 0.00333. The number of rotatable bonds is 4. The summed E-state index contributed by atoms with van der Waals surface area (Å²) in [7, 11) is 0. The normalized spacial score (nSPS) is 10.3. The van der Waals surface area contributed by atoms with Gasteiger partial charge in [-0.3, -0.25) is 0 Å². The van der Waals surface area contributed by atoms with Gasteiger partial charge in [-0.25, -0.2) is 0 Å². The lowest BCUT2D eigenvalue weighted by Gasteiger charge is -2.11. The van der Waals surface area contributed by atoms with Crippen LogP contribution in [-0.2, 0) is 4.74 Å². The molecule has 0 saturated carbocycles. The molecule has 19 heavy (non-hydrogen) atoms. The van der Waals surface area contributed by atoms with Gasteiger partial charge in [0.05, 0.1) is 0 Å². The third kappa shape index (κ3) is 22.7. The quantitative estimate of drug-likeness (QED) is 0.324. The highest BCUT2D eigenvalue weighted by atomic mass is 35.5. The van der Waals surface area contributed by atoms with Crippen LogP contribution >= 0.6 is 11.6 Å². The number of alkyl halides is 3. The summed E-state index contributed by atoms with van der Waals surface area (Å²) < 4.78 is 39.5. The monoisotopic (exact) mass is 300 g/mol. The molecule has 0 rings (SSSR count). The fourth-order valence-corrected chi connectivity index (χ4v) is 0.880. The molecule has 0 heterocycles. The van der Waals surface area contributed by atoms with Crippen LogP contribution in [0.2, 0.25) is 0 Å². The van der Waals surface area contributed by atoms with Crippen molar-refractivity contribution in [3.05, 3.63) is 35.1 Å². The van der Waals surface area contributed by atoms with E-state index in [4.69, 9.17) is 11.6 Å². The third-order valence-electron chi connectivity index (χ3n) is 1.28. The summed E-state index contributed by atoms with van der Waals surface area (Å²) in [6, 6.07) is 0. The van der Waals surface area contributed by atoms with E-state index in [1.165, 1.54) is 0 Å². The van der Waals surface area contributed by atoms with Crippen molar-refractivity contribution in [1.29, 1.82) is 0 Å². The van der Waals surface area contributed by atoms with E-state index < -0.39 is 6.36 Å². The molecule has 114 valence electrons. The molecule has 0 atom stereocenters. The van der Waals surface area contributed by atoms with Crippen molar-refractivity contribution < 1.29 is 17.9 Å². The first kappa shape index (κ1) is 23.2. The second kappa shape index (κ2) is 13.5. The van der Waals surface area contributed by atoms with Gasteiger partial charge in [-0.1, -0.05) is 57.5 Å². The second-order valence-corrected chi connectivity index (χ2v) is 3.58. The van der Waals surface area contributed by atoms with Gasteiger partial charge in [-0.15, -0.1) is 13.2 Å². The highest BCUT2D eigenvalue weighted by Gasteiger charge is 2.31. The van der Waals surface area contributed by atoms with Gasteiger partial charge in [0.1, 0.15) is 5.76 Å². The van der Waals surface area contributed by atoms with E-state index in [1.54, 1.807) is 19.9 Å². The van der Waals surface area contributed by atoms with E-state index in [-0.39, 0.29) is 17.2 Å². The van der Waals surface area contributed by atoms with Gasteiger partial charge in [0, 0.05) is 11.5 Å². The van der Waals surface area contributed by atoms with Gasteiger partial charge >= 0.3 is 6.36 Å². The standard InChI is InChI=1S/C10H12ClF3O.2C2H6/c1-7(2)4-5-9(6-8(3)11)15-10(12,13)14;2*1-2/h4,6H,3,5H2,1-2H3;2*1-2H3/b9-6+;;. The van der Waals surface area contributed by atoms with Crippen molar-refractivity contribution in [3.63, 3.8) is 0 Å². The molecule has 0 aliphatic rings. The average molecular weight is 301 g/mol. The Morgan fingerprint density at radius 3 is 1.84 bits per heavy atom. The second-order valence-electron chi connectivity index (χ2n) is 3.09. The van der Waals surface area contributed by atoms with Gasteiger partial charge in [0.25, 0.3) is 0 Å². The van der Waals surface area contributed by atoms with Crippen LogP contribution in [0.4, 0.5) is 13.2 Å². The lowest BCUT2D eigenvalue weighted by molar-refractivity contribution is -0.306. The van der Waals surface area contributed by atoms with Gasteiger partial charge in [-0.05, 0) is 19.9 Å². The van der Waals surface area contributed by atoms with Crippen molar-refractivity contribution in [2.45, 2.75) is 54.3 Å². The molecule has 0 N–H and O–H groups in total. The molecule has 0 spiro atoms. The Bertz CT molecular complexity index is 288. The van der Waals surface area contributed by atoms with Crippen LogP contribution in [0, 0.1) is 0 Å². The minimum Gasteiger partial charge on any atom is -0.410 e. The number of hydrogen-bond donors (Lipinski definition) is 0. The van der Waals surface area contributed by atoms with E-state index in [0.29, 0.717) is 0 Å². The number of hydrogen-bond acceptors (Lipinski definition) is 1.